The number of hydrogen-bond donors (Lipinski definition) is 2. The van der Waals surface area contributed by atoms with Crippen LogP contribution in [-0.2, 0) is 0 Å². The number of pyridine rings is 1. The van der Waals surface area contributed by atoms with E-state index >= 15 is 0 Å². The van der Waals surface area contributed by atoms with Gasteiger partial charge in [0.05, 0.1) is 5.60 Å². The Labute approximate surface area is 148 Å². The molecule has 1 aliphatic heterocycles. The second-order valence-corrected chi connectivity index (χ2v) is 7.79. The first-order valence-electron chi connectivity index (χ1n) is 8.79. The van der Waals surface area contributed by atoms with Gasteiger partial charge < -0.3 is 15.0 Å². The molecule has 2 rings (SSSR count). The molecule has 0 bridgehead atoms. The summed E-state index contributed by atoms with van der Waals surface area (Å²) in [7, 11) is 0. The molecule has 0 spiro atoms. The maximum Gasteiger partial charge on any atom is 0.261 e. The minimum absolute atomic E-state index is 0.0133. The summed E-state index contributed by atoms with van der Waals surface area (Å²) in [6, 6.07) is 1.39. The number of H-pyrrole nitrogens is 1. The molecule has 1 aromatic heterocycles. The number of ketones is 1. The molecule has 0 aromatic carbocycles. The summed E-state index contributed by atoms with van der Waals surface area (Å²) in [5, 5.41) is 10.6. The first-order chi connectivity index (χ1) is 11.5. The summed E-state index contributed by atoms with van der Waals surface area (Å²) >= 11 is 0. The molecule has 6 heteroatoms. The van der Waals surface area contributed by atoms with Crippen LogP contribution in [0.1, 0.15) is 66.9 Å². The average molecular weight is 348 g/mol. The van der Waals surface area contributed by atoms with Crippen molar-refractivity contribution >= 4 is 11.7 Å². The summed E-state index contributed by atoms with van der Waals surface area (Å²) in [5.41, 5.74) is -0.490. The smallest absolute Gasteiger partial charge is 0.261 e. The van der Waals surface area contributed by atoms with E-state index < -0.39 is 11.2 Å². The fourth-order valence-electron chi connectivity index (χ4n) is 3.52. The second-order valence-electron chi connectivity index (χ2n) is 7.79. The quantitative estimate of drug-likeness (QED) is 0.816. The number of hydrogen-bond acceptors (Lipinski definition) is 4. The highest BCUT2D eigenvalue weighted by atomic mass is 16.3. The van der Waals surface area contributed by atoms with Gasteiger partial charge in [-0.05, 0) is 45.6 Å². The number of Topliss-reactive ketones (excluding diaryl/α,β-unsaturated/α-hetero) is 1. The van der Waals surface area contributed by atoms with Gasteiger partial charge in [-0.15, -0.1) is 0 Å². The predicted molar refractivity (Wildman–Crippen MR) is 95.9 cm³/mol. The van der Waals surface area contributed by atoms with Crippen LogP contribution in [0.25, 0.3) is 0 Å². The van der Waals surface area contributed by atoms with Gasteiger partial charge in [-0.1, -0.05) is 13.8 Å². The first kappa shape index (κ1) is 19.4. The third-order valence-electron chi connectivity index (χ3n) is 5.10. The number of aryl methyl sites for hydroxylation is 1. The number of carbonyl (C=O) groups excluding carboxylic acids is 2. The van der Waals surface area contributed by atoms with Crippen molar-refractivity contribution in [2.75, 3.05) is 13.1 Å². The van der Waals surface area contributed by atoms with Crippen molar-refractivity contribution in [3.63, 3.8) is 0 Å². The van der Waals surface area contributed by atoms with Crippen molar-refractivity contribution in [3.8, 4) is 0 Å². The number of nitrogens with one attached hydrogen (secondary N) is 1. The summed E-state index contributed by atoms with van der Waals surface area (Å²) in [4.78, 5) is 41.0. The lowest BCUT2D eigenvalue weighted by molar-refractivity contribution is -0.0577. The van der Waals surface area contributed by atoms with E-state index in [0.29, 0.717) is 36.7 Å². The van der Waals surface area contributed by atoms with Crippen LogP contribution in [-0.4, -0.2) is 45.4 Å². The number of aromatic amines is 1. The van der Waals surface area contributed by atoms with Gasteiger partial charge in [0.25, 0.3) is 11.5 Å². The molecule has 1 aliphatic rings. The van der Waals surface area contributed by atoms with Crippen molar-refractivity contribution in [1.29, 1.82) is 0 Å². The summed E-state index contributed by atoms with van der Waals surface area (Å²) in [5.74, 6) is -0.212. The summed E-state index contributed by atoms with van der Waals surface area (Å²) < 4.78 is 0. The van der Waals surface area contributed by atoms with Crippen LogP contribution in [0.3, 0.4) is 0 Å². The van der Waals surface area contributed by atoms with Gasteiger partial charge in [0.2, 0.25) is 0 Å². The van der Waals surface area contributed by atoms with Crippen LogP contribution in [0, 0.1) is 18.8 Å². The molecule has 138 valence electrons. The highest BCUT2D eigenvalue weighted by molar-refractivity contribution is 5.99. The number of aliphatic hydroxyl groups is 1. The first-order valence-corrected chi connectivity index (χ1v) is 8.79. The van der Waals surface area contributed by atoms with Crippen molar-refractivity contribution in [2.24, 2.45) is 11.8 Å². The van der Waals surface area contributed by atoms with Crippen LogP contribution in [0.2, 0.25) is 0 Å². The Kier molecular flexibility index (Phi) is 5.52. The highest BCUT2D eigenvalue weighted by Crippen LogP contribution is 2.32. The van der Waals surface area contributed by atoms with Crippen molar-refractivity contribution in [1.82, 2.24) is 9.88 Å². The Morgan fingerprint density at radius 3 is 2.60 bits per heavy atom. The fraction of sp³-hybridized carbons (Fsp3) is 0.632. The molecule has 6 nitrogen and oxygen atoms in total. The lowest BCUT2D eigenvalue weighted by atomic mass is 9.78. The third-order valence-corrected chi connectivity index (χ3v) is 5.10. The van der Waals surface area contributed by atoms with E-state index in [9.17, 15) is 19.5 Å². The topological polar surface area (TPSA) is 90.5 Å². The van der Waals surface area contributed by atoms with Crippen molar-refractivity contribution in [2.45, 2.75) is 53.1 Å². The van der Waals surface area contributed by atoms with Crippen molar-refractivity contribution < 1.29 is 14.7 Å². The molecule has 2 N–H and O–H groups in total. The fourth-order valence-corrected chi connectivity index (χ4v) is 3.52. The molecular weight excluding hydrogens is 320 g/mol. The standard InChI is InChI=1S/C19H28N2O4/c1-11(2)8-14-10-21(7-6-19(14,5)25)18(24)16-9-15(13(4)22)12(3)20-17(16)23/h9,11,14,25H,6-8,10H2,1-5H3,(H,20,23)/t14-,19+/m1/s1. The number of nitrogens with zero attached hydrogens (tertiary/aromatic N) is 1. The van der Waals surface area contributed by atoms with Gasteiger partial charge in [0, 0.05) is 30.3 Å². The minimum atomic E-state index is -0.814. The largest absolute Gasteiger partial charge is 0.390 e. The SMILES string of the molecule is CC(=O)c1cc(C(=O)N2CC[C@](C)(O)[C@H](CC(C)C)C2)c(=O)[nH]c1C. The highest BCUT2D eigenvalue weighted by Gasteiger charge is 2.39. The monoisotopic (exact) mass is 348 g/mol. The zero-order valence-electron chi connectivity index (χ0n) is 15.7. The van der Waals surface area contributed by atoms with Gasteiger partial charge >= 0.3 is 0 Å². The molecule has 0 unspecified atom stereocenters. The van der Waals surface area contributed by atoms with Crippen LogP contribution < -0.4 is 5.56 Å². The number of piperidine rings is 1. The summed E-state index contributed by atoms with van der Waals surface area (Å²) in [6.07, 6.45) is 1.28. The zero-order chi connectivity index (χ0) is 18.9. The Bertz CT molecular complexity index is 733. The Hall–Kier alpha value is -1.95. The Morgan fingerprint density at radius 1 is 1.40 bits per heavy atom. The van der Waals surface area contributed by atoms with Gasteiger partial charge in [0.15, 0.2) is 5.78 Å². The van der Waals surface area contributed by atoms with Crippen LogP contribution in [0.4, 0.5) is 0 Å². The van der Waals surface area contributed by atoms with Crippen LogP contribution >= 0.6 is 0 Å². The molecule has 1 saturated heterocycles. The zero-order valence-corrected chi connectivity index (χ0v) is 15.7. The van der Waals surface area contributed by atoms with Crippen LogP contribution in [0.5, 0.6) is 0 Å². The van der Waals surface area contributed by atoms with Gasteiger partial charge in [-0.25, -0.2) is 0 Å². The average Bonchev–Trinajstić information content (AvgIpc) is 2.48. The Balaban J connectivity index is 2.30. The summed E-state index contributed by atoms with van der Waals surface area (Å²) in [6.45, 7) is 9.83. The molecule has 2 atom stereocenters. The lowest BCUT2D eigenvalue weighted by Crippen LogP contribution is -2.52. The minimum Gasteiger partial charge on any atom is -0.390 e. The predicted octanol–water partition coefficient (Wildman–Crippen LogP) is 2.15. The number of carbonyl (C=O) groups is 2. The maximum absolute atomic E-state index is 12.9. The Morgan fingerprint density at radius 2 is 2.04 bits per heavy atom. The number of likely N-dealkylation sites (tertiary alicyclic amines) is 1. The van der Waals surface area contributed by atoms with Crippen LogP contribution in [0.15, 0.2) is 10.9 Å². The number of aromatic nitrogens is 1. The molecule has 1 fully saturated rings. The van der Waals surface area contributed by atoms with Gasteiger partial charge in [-0.2, -0.15) is 0 Å². The van der Waals surface area contributed by atoms with E-state index in [1.807, 2.05) is 6.92 Å². The van der Waals surface area contributed by atoms with E-state index in [1.54, 1.807) is 11.8 Å². The second kappa shape index (κ2) is 7.12. The van der Waals surface area contributed by atoms with E-state index in [2.05, 4.69) is 18.8 Å². The lowest BCUT2D eigenvalue weighted by Gasteiger charge is -2.43. The molecule has 0 radical (unpaired) electrons. The van der Waals surface area contributed by atoms with E-state index in [-0.39, 0.29) is 23.2 Å². The molecule has 0 saturated carbocycles. The number of rotatable bonds is 4. The molecule has 25 heavy (non-hydrogen) atoms. The molecular formula is C19H28N2O4. The van der Waals surface area contributed by atoms with E-state index in [4.69, 9.17) is 0 Å². The molecule has 2 heterocycles. The van der Waals surface area contributed by atoms with E-state index in [1.165, 1.54) is 13.0 Å². The molecule has 0 aliphatic carbocycles. The molecule has 1 aromatic rings. The number of amides is 1. The third kappa shape index (κ3) is 4.18. The van der Waals surface area contributed by atoms with Gasteiger partial charge in [0.1, 0.15) is 5.56 Å². The normalized spacial score (nSPS) is 23.8. The van der Waals surface area contributed by atoms with E-state index in [0.717, 1.165) is 6.42 Å². The van der Waals surface area contributed by atoms with Crippen molar-refractivity contribution in [3.05, 3.63) is 33.2 Å². The molecule has 1 amide bonds. The maximum atomic E-state index is 12.9. The van der Waals surface area contributed by atoms with Gasteiger partial charge in [-0.3, -0.25) is 14.4 Å².